The van der Waals surface area contributed by atoms with Crippen LogP contribution >= 0.6 is 23.6 Å². The number of likely N-dealkylation sites (N-methyl/N-ethyl adjacent to an activating group) is 1. The van der Waals surface area contributed by atoms with Gasteiger partial charge in [0, 0.05) is 12.5 Å². The Balaban J connectivity index is 1.95. The maximum Gasteiger partial charge on any atom is 0.267 e. The quantitative estimate of drug-likeness (QED) is 0.690. The van der Waals surface area contributed by atoms with E-state index in [-0.39, 0.29) is 5.56 Å². The Hall–Kier alpha value is -1.96. The number of fused-ring (bicyclic) bond motifs is 3. The Morgan fingerprint density at radius 3 is 3.04 bits per heavy atom. The third-order valence-corrected chi connectivity index (χ3v) is 6.31. The van der Waals surface area contributed by atoms with Crippen LogP contribution in [0.15, 0.2) is 29.1 Å². The molecule has 0 aliphatic carbocycles. The minimum atomic E-state index is -0.0375. The highest BCUT2D eigenvalue weighted by Crippen LogP contribution is 2.29. The first-order valence-corrected chi connectivity index (χ1v) is 9.62. The molecule has 0 radical (unpaired) electrons. The van der Waals surface area contributed by atoms with E-state index in [4.69, 9.17) is 17.0 Å². The van der Waals surface area contributed by atoms with Crippen LogP contribution in [0.1, 0.15) is 17.4 Å². The molecule has 1 unspecified atom stereocenters. The summed E-state index contributed by atoms with van der Waals surface area (Å²) >= 11 is 7.16. The lowest BCUT2D eigenvalue weighted by molar-refractivity contribution is -0.913. The standard InChI is InChI=1S/C18H19N3O2S2/c1-3-20-8-7-13-14(10-20)25-16-15(13)17(22)21(18(24)19-16)11-5-4-6-12(9-11)23-2/h4-6,9H,3,7-8,10H2,1-2H3,(H,19,24)/p+1. The summed E-state index contributed by atoms with van der Waals surface area (Å²) < 4.78 is 7.28. The minimum Gasteiger partial charge on any atom is -0.497 e. The van der Waals surface area contributed by atoms with Crippen molar-refractivity contribution < 1.29 is 9.64 Å². The van der Waals surface area contributed by atoms with Crippen molar-refractivity contribution in [1.29, 1.82) is 0 Å². The van der Waals surface area contributed by atoms with Gasteiger partial charge in [-0.3, -0.25) is 9.36 Å². The van der Waals surface area contributed by atoms with E-state index in [0.29, 0.717) is 10.5 Å². The smallest absolute Gasteiger partial charge is 0.267 e. The zero-order chi connectivity index (χ0) is 17.6. The van der Waals surface area contributed by atoms with Crippen molar-refractivity contribution in [3.63, 3.8) is 0 Å². The molecule has 4 rings (SSSR count). The van der Waals surface area contributed by atoms with Crippen LogP contribution in [0.5, 0.6) is 5.75 Å². The Labute approximate surface area is 154 Å². The third kappa shape index (κ3) is 2.72. The fourth-order valence-electron chi connectivity index (χ4n) is 3.49. The SMILES string of the molecule is CC[NH+]1CCc2c(sc3[nH]c(=S)n(-c4cccc(OC)c4)c(=O)c23)C1. The molecule has 1 aromatic carbocycles. The predicted molar refractivity (Wildman–Crippen MR) is 103 cm³/mol. The largest absolute Gasteiger partial charge is 0.497 e. The highest BCUT2D eigenvalue weighted by molar-refractivity contribution is 7.71. The molecule has 2 N–H and O–H groups in total. The number of aromatic amines is 1. The third-order valence-electron chi connectivity index (χ3n) is 4.88. The van der Waals surface area contributed by atoms with Gasteiger partial charge in [0.15, 0.2) is 4.77 Å². The lowest BCUT2D eigenvalue weighted by Crippen LogP contribution is -3.11. The van der Waals surface area contributed by atoms with Crippen LogP contribution in [0.3, 0.4) is 0 Å². The summed E-state index contributed by atoms with van der Waals surface area (Å²) in [6.07, 6.45) is 0.941. The molecule has 0 saturated carbocycles. The van der Waals surface area contributed by atoms with Gasteiger partial charge in [-0.1, -0.05) is 6.07 Å². The summed E-state index contributed by atoms with van der Waals surface area (Å²) in [4.78, 5) is 20.3. The Bertz CT molecular complexity index is 1060. The predicted octanol–water partition coefficient (Wildman–Crippen LogP) is 2.08. The van der Waals surface area contributed by atoms with Crippen molar-refractivity contribution in [3.8, 4) is 11.4 Å². The van der Waals surface area contributed by atoms with Gasteiger partial charge in [0.2, 0.25) is 0 Å². The molecular formula is C18H20N3O2S2+. The first-order valence-electron chi connectivity index (χ1n) is 8.40. The van der Waals surface area contributed by atoms with Gasteiger partial charge in [0.05, 0.1) is 36.2 Å². The molecule has 5 nitrogen and oxygen atoms in total. The second-order valence-electron chi connectivity index (χ2n) is 6.26. The van der Waals surface area contributed by atoms with Crippen LogP contribution < -0.4 is 15.2 Å². The molecule has 0 spiro atoms. The molecule has 2 aromatic heterocycles. The van der Waals surface area contributed by atoms with E-state index in [1.807, 2.05) is 24.3 Å². The number of hydrogen-bond donors (Lipinski definition) is 2. The summed E-state index contributed by atoms with van der Waals surface area (Å²) in [7, 11) is 1.61. The van der Waals surface area contributed by atoms with Crippen LogP contribution in [-0.2, 0) is 13.0 Å². The summed E-state index contributed by atoms with van der Waals surface area (Å²) in [5, 5.41) is 0.798. The van der Waals surface area contributed by atoms with Gasteiger partial charge in [0.25, 0.3) is 5.56 Å². The van der Waals surface area contributed by atoms with Crippen molar-refractivity contribution in [2.75, 3.05) is 20.2 Å². The van der Waals surface area contributed by atoms with Crippen molar-refractivity contribution >= 4 is 33.8 Å². The average Bonchev–Trinajstić information content (AvgIpc) is 2.99. The fraction of sp³-hybridized carbons (Fsp3) is 0.333. The number of thiophene rings is 1. The Morgan fingerprint density at radius 1 is 1.44 bits per heavy atom. The van der Waals surface area contributed by atoms with Gasteiger partial charge < -0.3 is 14.6 Å². The van der Waals surface area contributed by atoms with E-state index in [1.165, 1.54) is 10.4 Å². The lowest BCUT2D eigenvalue weighted by Gasteiger charge is -2.22. The number of hydrogen-bond acceptors (Lipinski definition) is 4. The average molecular weight is 375 g/mol. The van der Waals surface area contributed by atoms with Crippen molar-refractivity contribution in [2.45, 2.75) is 19.9 Å². The molecule has 1 atom stereocenters. The number of nitrogens with zero attached hydrogens (tertiary/aromatic N) is 1. The molecule has 0 saturated heterocycles. The van der Waals surface area contributed by atoms with Crippen LogP contribution in [0, 0.1) is 4.77 Å². The monoisotopic (exact) mass is 374 g/mol. The van der Waals surface area contributed by atoms with E-state index < -0.39 is 0 Å². The maximum atomic E-state index is 13.3. The molecule has 3 heterocycles. The Kier molecular flexibility index (Phi) is 4.23. The summed E-state index contributed by atoms with van der Waals surface area (Å²) in [6.45, 7) is 5.38. The molecule has 7 heteroatoms. The lowest BCUT2D eigenvalue weighted by atomic mass is 10.1. The molecule has 1 aliphatic rings. The molecular weight excluding hydrogens is 354 g/mol. The van der Waals surface area contributed by atoms with Gasteiger partial charge >= 0.3 is 0 Å². The first-order chi connectivity index (χ1) is 12.1. The van der Waals surface area contributed by atoms with Crippen LogP contribution in [0.25, 0.3) is 15.9 Å². The van der Waals surface area contributed by atoms with E-state index in [1.54, 1.807) is 27.9 Å². The number of H-pyrrole nitrogens is 1. The minimum absolute atomic E-state index is 0.0375. The molecule has 1 aliphatic heterocycles. The summed E-state index contributed by atoms with van der Waals surface area (Å²) in [6, 6.07) is 7.43. The van der Waals surface area contributed by atoms with Crippen molar-refractivity contribution in [1.82, 2.24) is 9.55 Å². The first kappa shape index (κ1) is 16.5. The summed E-state index contributed by atoms with van der Waals surface area (Å²) in [5.41, 5.74) is 1.89. The van der Waals surface area contributed by atoms with E-state index in [0.717, 1.165) is 42.0 Å². The fourth-order valence-corrected chi connectivity index (χ4v) is 5.16. The number of aromatic nitrogens is 2. The number of rotatable bonds is 3. The van der Waals surface area contributed by atoms with Crippen molar-refractivity contribution in [3.05, 3.63) is 49.8 Å². The maximum absolute atomic E-state index is 13.3. The number of methoxy groups -OCH3 is 1. The second kappa shape index (κ2) is 6.40. The van der Waals surface area contributed by atoms with Gasteiger partial charge in [-0.15, -0.1) is 11.3 Å². The molecule has 0 amide bonds. The van der Waals surface area contributed by atoms with E-state index in [9.17, 15) is 4.79 Å². The number of benzene rings is 1. The zero-order valence-corrected chi connectivity index (χ0v) is 15.9. The highest BCUT2D eigenvalue weighted by atomic mass is 32.1. The topological polar surface area (TPSA) is 51.5 Å². The molecule has 130 valence electrons. The Morgan fingerprint density at radius 2 is 2.28 bits per heavy atom. The molecule has 0 fully saturated rings. The number of ether oxygens (including phenoxy) is 1. The zero-order valence-electron chi connectivity index (χ0n) is 14.2. The molecule has 0 bridgehead atoms. The number of nitrogens with one attached hydrogen (secondary N) is 2. The highest BCUT2D eigenvalue weighted by Gasteiger charge is 2.25. The van der Waals surface area contributed by atoms with Gasteiger partial charge in [-0.05, 0) is 36.8 Å². The summed E-state index contributed by atoms with van der Waals surface area (Å²) in [5.74, 6) is 0.702. The van der Waals surface area contributed by atoms with E-state index in [2.05, 4.69) is 11.9 Å². The second-order valence-corrected chi connectivity index (χ2v) is 7.75. The van der Waals surface area contributed by atoms with Gasteiger partial charge in [-0.25, -0.2) is 0 Å². The normalized spacial score (nSPS) is 16.8. The van der Waals surface area contributed by atoms with Gasteiger partial charge in [0.1, 0.15) is 17.1 Å². The van der Waals surface area contributed by atoms with E-state index >= 15 is 0 Å². The molecule has 3 aromatic rings. The number of quaternary nitrogens is 1. The molecule has 25 heavy (non-hydrogen) atoms. The van der Waals surface area contributed by atoms with Crippen molar-refractivity contribution in [2.24, 2.45) is 0 Å². The van der Waals surface area contributed by atoms with Crippen LogP contribution in [0.4, 0.5) is 0 Å². The van der Waals surface area contributed by atoms with Crippen LogP contribution in [0.2, 0.25) is 0 Å². The van der Waals surface area contributed by atoms with Crippen LogP contribution in [-0.4, -0.2) is 29.8 Å². The van der Waals surface area contributed by atoms with Gasteiger partial charge in [-0.2, -0.15) is 0 Å².